The van der Waals surface area contributed by atoms with Gasteiger partial charge in [-0.3, -0.25) is 0 Å². The maximum absolute atomic E-state index is 5.54. The molecule has 0 aliphatic heterocycles. The zero-order valence-electron chi connectivity index (χ0n) is 4.65. The number of hydrogen-bond donors (Lipinski definition) is 1. The van der Waals surface area contributed by atoms with Crippen molar-refractivity contribution in [3.63, 3.8) is 0 Å². The van der Waals surface area contributed by atoms with Crippen molar-refractivity contribution in [1.82, 2.24) is 0 Å². The second-order valence-corrected chi connectivity index (χ2v) is 2.52. The van der Waals surface area contributed by atoms with Crippen molar-refractivity contribution < 1.29 is 0 Å². The third-order valence-electron chi connectivity index (χ3n) is 1.81. The van der Waals surface area contributed by atoms with Crippen molar-refractivity contribution in [2.24, 2.45) is 11.1 Å². The molecule has 2 unspecified atom stereocenters. The molecular formula is C6H11N. The third kappa shape index (κ3) is 0.570. The smallest absolute Gasteiger partial charge is 0.0137 e. The highest BCUT2D eigenvalue weighted by Crippen LogP contribution is 2.44. The van der Waals surface area contributed by atoms with Crippen molar-refractivity contribution in [3.05, 3.63) is 12.7 Å². The number of rotatable bonds is 1. The maximum atomic E-state index is 5.54. The molecule has 0 bridgehead atoms. The summed E-state index contributed by atoms with van der Waals surface area (Å²) in [5, 5.41) is 0. The Morgan fingerprint density at radius 3 is 2.43 bits per heavy atom. The van der Waals surface area contributed by atoms with Gasteiger partial charge in [-0.15, -0.1) is 6.58 Å². The predicted octanol–water partition coefficient (Wildman–Crippen LogP) is 0.910. The van der Waals surface area contributed by atoms with Gasteiger partial charge in [-0.05, 0) is 6.42 Å². The minimum absolute atomic E-state index is 0.292. The Bertz CT molecular complexity index is 98.4. The van der Waals surface area contributed by atoms with Crippen molar-refractivity contribution in [1.29, 1.82) is 0 Å². The Labute approximate surface area is 44.2 Å². The molecule has 1 heteroatoms. The Balaban J connectivity index is 2.51. The van der Waals surface area contributed by atoms with E-state index in [9.17, 15) is 0 Å². The van der Waals surface area contributed by atoms with E-state index >= 15 is 0 Å². The lowest BCUT2D eigenvalue weighted by Gasteiger charge is -1.95. The zero-order valence-corrected chi connectivity index (χ0v) is 4.65. The lowest BCUT2D eigenvalue weighted by molar-refractivity contribution is 0.705. The minimum atomic E-state index is 0.292. The molecule has 2 atom stereocenters. The first-order chi connectivity index (χ1) is 3.19. The normalized spacial score (nSPS) is 48.6. The van der Waals surface area contributed by atoms with Crippen LogP contribution in [0.5, 0.6) is 0 Å². The largest absolute Gasteiger partial charge is 0.327 e. The van der Waals surface area contributed by atoms with E-state index in [1.165, 1.54) is 0 Å². The van der Waals surface area contributed by atoms with Gasteiger partial charge in [-0.1, -0.05) is 13.0 Å². The average Bonchev–Trinajstić information content (AvgIpc) is 2.18. The molecule has 40 valence electrons. The van der Waals surface area contributed by atoms with E-state index in [-0.39, 0.29) is 0 Å². The molecule has 1 rings (SSSR count). The average molecular weight is 97.2 g/mol. The van der Waals surface area contributed by atoms with E-state index in [1.807, 2.05) is 6.08 Å². The summed E-state index contributed by atoms with van der Waals surface area (Å²) in [4.78, 5) is 0. The lowest BCUT2D eigenvalue weighted by Crippen LogP contribution is -2.07. The molecule has 0 spiro atoms. The Kier molecular flexibility index (Phi) is 0.762. The first kappa shape index (κ1) is 4.85. The van der Waals surface area contributed by atoms with Crippen LogP contribution in [-0.2, 0) is 0 Å². The van der Waals surface area contributed by atoms with Crippen LogP contribution in [0.1, 0.15) is 13.3 Å². The van der Waals surface area contributed by atoms with Gasteiger partial charge >= 0.3 is 0 Å². The van der Waals surface area contributed by atoms with Crippen molar-refractivity contribution in [2.75, 3.05) is 0 Å². The lowest BCUT2D eigenvalue weighted by atomic mass is 10.1. The zero-order chi connectivity index (χ0) is 5.49. The van der Waals surface area contributed by atoms with Crippen molar-refractivity contribution in [3.8, 4) is 0 Å². The van der Waals surface area contributed by atoms with E-state index in [0.29, 0.717) is 11.5 Å². The second kappa shape index (κ2) is 1.10. The topological polar surface area (TPSA) is 26.0 Å². The molecule has 0 aromatic rings. The van der Waals surface area contributed by atoms with Gasteiger partial charge in [0.15, 0.2) is 0 Å². The van der Waals surface area contributed by atoms with Crippen molar-refractivity contribution in [2.45, 2.75) is 19.4 Å². The Morgan fingerprint density at radius 2 is 2.43 bits per heavy atom. The first-order valence-electron chi connectivity index (χ1n) is 2.58. The molecule has 0 amide bonds. The van der Waals surface area contributed by atoms with Gasteiger partial charge in [0.05, 0.1) is 0 Å². The van der Waals surface area contributed by atoms with Gasteiger partial charge in [-0.25, -0.2) is 0 Å². The number of nitrogens with two attached hydrogens (primary N) is 1. The van der Waals surface area contributed by atoms with Crippen LogP contribution in [0.2, 0.25) is 0 Å². The molecule has 0 radical (unpaired) electrons. The quantitative estimate of drug-likeness (QED) is 0.483. The fourth-order valence-corrected chi connectivity index (χ4v) is 0.650. The molecular weight excluding hydrogens is 86.1 g/mol. The van der Waals surface area contributed by atoms with Crippen LogP contribution in [0, 0.1) is 5.41 Å². The van der Waals surface area contributed by atoms with Crippen LogP contribution in [0.25, 0.3) is 0 Å². The summed E-state index contributed by atoms with van der Waals surface area (Å²) in [5.41, 5.74) is 5.83. The summed E-state index contributed by atoms with van der Waals surface area (Å²) in [5.74, 6) is 0. The summed E-state index contributed by atoms with van der Waals surface area (Å²) >= 11 is 0. The van der Waals surface area contributed by atoms with E-state index < -0.39 is 0 Å². The van der Waals surface area contributed by atoms with Crippen LogP contribution < -0.4 is 5.73 Å². The maximum Gasteiger partial charge on any atom is 0.0137 e. The summed E-state index contributed by atoms with van der Waals surface area (Å²) in [7, 11) is 0. The minimum Gasteiger partial charge on any atom is -0.327 e. The molecule has 0 aromatic carbocycles. The van der Waals surface area contributed by atoms with Crippen LogP contribution in [0.4, 0.5) is 0 Å². The molecule has 2 N–H and O–H groups in total. The molecule has 0 heterocycles. The summed E-state index contributed by atoms with van der Waals surface area (Å²) in [6.45, 7) is 5.79. The fraction of sp³-hybridized carbons (Fsp3) is 0.667. The van der Waals surface area contributed by atoms with Gasteiger partial charge in [0.25, 0.3) is 0 Å². The van der Waals surface area contributed by atoms with E-state index in [1.54, 1.807) is 0 Å². The van der Waals surface area contributed by atoms with Crippen LogP contribution in [0.3, 0.4) is 0 Å². The summed E-state index contributed by atoms with van der Waals surface area (Å²) < 4.78 is 0. The van der Waals surface area contributed by atoms with Crippen LogP contribution in [-0.4, -0.2) is 6.04 Å². The molecule has 1 fully saturated rings. The van der Waals surface area contributed by atoms with Crippen LogP contribution in [0.15, 0.2) is 12.7 Å². The van der Waals surface area contributed by atoms with Crippen LogP contribution >= 0.6 is 0 Å². The van der Waals surface area contributed by atoms with Crippen molar-refractivity contribution >= 4 is 0 Å². The van der Waals surface area contributed by atoms with E-state index in [2.05, 4.69) is 13.5 Å². The molecule has 0 saturated heterocycles. The van der Waals surface area contributed by atoms with Gasteiger partial charge < -0.3 is 5.73 Å². The van der Waals surface area contributed by atoms with Gasteiger partial charge in [0.1, 0.15) is 0 Å². The fourth-order valence-electron chi connectivity index (χ4n) is 0.650. The van der Waals surface area contributed by atoms with Gasteiger partial charge in [0, 0.05) is 11.5 Å². The molecule has 7 heavy (non-hydrogen) atoms. The standard InChI is InChI=1S/C6H11N/c1-3-6(2)4-5(6)7/h3,5H,1,4,7H2,2H3. The molecule has 1 aliphatic carbocycles. The number of hydrogen-bond acceptors (Lipinski definition) is 1. The third-order valence-corrected chi connectivity index (χ3v) is 1.81. The van der Waals surface area contributed by atoms with E-state index in [0.717, 1.165) is 6.42 Å². The molecule has 1 saturated carbocycles. The van der Waals surface area contributed by atoms with Gasteiger partial charge in [-0.2, -0.15) is 0 Å². The summed E-state index contributed by atoms with van der Waals surface area (Å²) in [6.07, 6.45) is 3.06. The first-order valence-corrected chi connectivity index (χ1v) is 2.58. The predicted molar refractivity (Wildman–Crippen MR) is 30.9 cm³/mol. The molecule has 1 aliphatic rings. The second-order valence-electron chi connectivity index (χ2n) is 2.52. The van der Waals surface area contributed by atoms with Gasteiger partial charge in [0.2, 0.25) is 0 Å². The molecule has 0 aromatic heterocycles. The highest BCUT2D eigenvalue weighted by atomic mass is 14.8. The summed E-state index contributed by atoms with van der Waals surface area (Å²) in [6, 6.07) is 0.394. The Morgan fingerprint density at radius 1 is 2.00 bits per heavy atom. The SMILES string of the molecule is C=CC1(C)CC1N. The molecule has 1 nitrogen and oxygen atoms in total. The highest BCUT2D eigenvalue weighted by molar-refractivity contribution is 5.12. The van der Waals surface area contributed by atoms with E-state index in [4.69, 9.17) is 5.73 Å². The highest BCUT2D eigenvalue weighted by Gasteiger charge is 2.44. The monoisotopic (exact) mass is 97.1 g/mol. The Hall–Kier alpha value is -0.300.